The van der Waals surface area contributed by atoms with Crippen LogP contribution in [0.25, 0.3) is 33.8 Å². The highest BCUT2D eigenvalue weighted by molar-refractivity contribution is 5.83. The molecule has 2 aliphatic rings. The van der Waals surface area contributed by atoms with Crippen molar-refractivity contribution in [3.8, 4) is 34.1 Å². The van der Waals surface area contributed by atoms with Crippen LogP contribution in [0, 0.1) is 18.3 Å². The molecule has 2 aromatic carbocycles. The van der Waals surface area contributed by atoms with E-state index in [0.717, 1.165) is 58.4 Å². The summed E-state index contributed by atoms with van der Waals surface area (Å²) in [7, 11) is 5.32. The molecular formula is C33H41N5O2. The van der Waals surface area contributed by atoms with E-state index < -0.39 is 0 Å². The van der Waals surface area contributed by atoms with Gasteiger partial charge in [0.1, 0.15) is 11.3 Å². The number of fused-ring (bicyclic) bond motifs is 1. The van der Waals surface area contributed by atoms with Crippen LogP contribution in [-0.2, 0) is 7.05 Å². The second-order valence-electron chi connectivity index (χ2n) is 12.2. The third kappa shape index (κ3) is 4.81. The summed E-state index contributed by atoms with van der Waals surface area (Å²) in [5.74, 6) is 2.99. The minimum absolute atomic E-state index is 0.557. The number of rotatable bonds is 7. The van der Waals surface area contributed by atoms with E-state index in [4.69, 9.17) is 19.4 Å². The molecule has 0 atom stereocenters. The molecule has 40 heavy (non-hydrogen) atoms. The van der Waals surface area contributed by atoms with Crippen LogP contribution in [0.2, 0.25) is 0 Å². The molecule has 4 aromatic rings. The van der Waals surface area contributed by atoms with Gasteiger partial charge in [-0.05, 0) is 73.1 Å². The van der Waals surface area contributed by atoms with E-state index in [1.165, 1.54) is 38.2 Å². The maximum Gasteiger partial charge on any atom is 0.161 e. The molecule has 4 heterocycles. The van der Waals surface area contributed by atoms with Gasteiger partial charge < -0.3 is 23.8 Å². The number of imidazole rings is 1. The fourth-order valence-electron chi connectivity index (χ4n) is 6.63. The Hall–Kier alpha value is -3.58. The van der Waals surface area contributed by atoms with Crippen molar-refractivity contribution >= 4 is 16.9 Å². The quantitative estimate of drug-likeness (QED) is 0.279. The first-order valence-corrected chi connectivity index (χ1v) is 14.4. The van der Waals surface area contributed by atoms with Crippen LogP contribution in [0.3, 0.4) is 0 Å². The minimum atomic E-state index is 0.557. The van der Waals surface area contributed by atoms with Crippen molar-refractivity contribution in [2.24, 2.45) is 18.4 Å². The number of pyridine rings is 1. The van der Waals surface area contributed by atoms with Gasteiger partial charge in [0.05, 0.1) is 19.9 Å². The van der Waals surface area contributed by atoms with E-state index in [-0.39, 0.29) is 0 Å². The van der Waals surface area contributed by atoms with Gasteiger partial charge in [-0.1, -0.05) is 26.0 Å². The van der Waals surface area contributed by atoms with Gasteiger partial charge in [-0.3, -0.25) is 0 Å². The first-order chi connectivity index (χ1) is 19.3. The number of benzene rings is 2. The first-order valence-electron chi connectivity index (χ1n) is 14.4. The van der Waals surface area contributed by atoms with Crippen molar-refractivity contribution in [3.63, 3.8) is 0 Å². The zero-order valence-electron chi connectivity index (χ0n) is 24.7. The van der Waals surface area contributed by atoms with Gasteiger partial charge in [0.2, 0.25) is 0 Å². The van der Waals surface area contributed by atoms with E-state index in [1.807, 2.05) is 25.2 Å². The van der Waals surface area contributed by atoms with E-state index in [1.54, 1.807) is 14.2 Å². The van der Waals surface area contributed by atoms with Crippen LogP contribution in [-0.4, -0.2) is 66.4 Å². The number of methoxy groups -OCH3 is 2. The molecule has 2 saturated heterocycles. The Balaban J connectivity index is 1.20. The summed E-state index contributed by atoms with van der Waals surface area (Å²) in [6, 6.07) is 17.0. The Morgan fingerprint density at radius 2 is 1.55 bits per heavy atom. The van der Waals surface area contributed by atoms with Gasteiger partial charge in [0.25, 0.3) is 0 Å². The van der Waals surface area contributed by atoms with Gasteiger partial charge in [-0.25, -0.2) is 9.97 Å². The third-order valence-electron chi connectivity index (χ3n) is 8.75. The molecule has 0 N–H and O–H groups in total. The summed E-state index contributed by atoms with van der Waals surface area (Å²) in [5.41, 5.74) is 7.82. The molecule has 0 saturated carbocycles. The van der Waals surface area contributed by atoms with E-state index >= 15 is 0 Å². The zero-order chi connectivity index (χ0) is 28.0. The number of anilines is 1. The van der Waals surface area contributed by atoms with E-state index in [2.05, 4.69) is 65.5 Å². The second kappa shape index (κ2) is 10.4. The predicted octanol–water partition coefficient (Wildman–Crippen LogP) is 6.19. The number of ether oxygens (including phenoxy) is 2. The monoisotopic (exact) mass is 539 g/mol. The highest BCUT2D eigenvalue weighted by Gasteiger charge is 2.44. The number of aryl methyl sites for hydroxylation is 2. The summed E-state index contributed by atoms with van der Waals surface area (Å²) < 4.78 is 13.0. The van der Waals surface area contributed by atoms with Gasteiger partial charge in [-0.2, -0.15) is 0 Å². The molecule has 0 amide bonds. The summed E-state index contributed by atoms with van der Waals surface area (Å²) in [6.45, 7) is 12.8. The molecule has 0 radical (unpaired) electrons. The molecule has 7 heteroatoms. The Bertz CT molecular complexity index is 1510. The highest BCUT2D eigenvalue weighted by Crippen LogP contribution is 2.42. The Labute approximate surface area is 237 Å². The Kier molecular flexibility index (Phi) is 6.95. The average molecular weight is 540 g/mol. The molecule has 0 unspecified atom stereocenters. The van der Waals surface area contributed by atoms with Crippen molar-refractivity contribution in [1.29, 1.82) is 0 Å². The van der Waals surface area contributed by atoms with Gasteiger partial charge in [0, 0.05) is 56.6 Å². The molecule has 7 nitrogen and oxygen atoms in total. The fourth-order valence-corrected chi connectivity index (χ4v) is 6.63. The van der Waals surface area contributed by atoms with E-state index in [0.29, 0.717) is 16.9 Å². The van der Waals surface area contributed by atoms with Gasteiger partial charge in [0.15, 0.2) is 17.1 Å². The molecule has 2 aliphatic heterocycles. The number of piperidine rings is 1. The predicted molar refractivity (Wildman–Crippen MR) is 162 cm³/mol. The van der Waals surface area contributed by atoms with Crippen molar-refractivity contribution in [2.45, 2.75) is 33.6 Å². The van der Waals surface area contributed by atoms with Crippen LogP contribution in [0.1, 0.15) is 32.3 Å². The van der Waals surface area contributed by atoms with Gasteiger partial charge in [-0.15, -0.1) is 0 Å². The summed E-state index contributed by atoms with van der Waals surface area (Å²) >= 11 is 0. The molecule has 1 spiro atoms. The minimum Gasteiger partial charge on any atom is -0.493 e. The lowest BCUT2D eigenvalue weighted by molar-refractivity contribution is -0.0247. The molecule has 6 rings (SSSR count). The van der Waals surface area contributed by atoms with Crippen LogP contribution >= 0.6 is 0 Å². The highest BCUT2D eigenvalue weighted by atomic mass is 16.5. The fraction of sp³-hybridized carbons (Fsp3) is 0.455. The normalized spacial score (nSPS) is 17.0. The number of aromatic nitrogens is 3. The topological polar surface area (TPSA) is 55.7 Å². The largest absolute Gasteiger partial charge is 0.493 e. The molecular weight excluding hydrogens is 498 g/mol. The lowest BCUT2D eigenvalue weighted by Crippen LogP contribution is -2.60. The molecule has 2 aromatic heterocycles. The van der Waals surface area contributed by atoms with Crippen LogP contribution < -0.4 is 14.4 Å². The zero-order valence-corrected chi connectivity index (χ0v) is 24.7. The molecule has 210 valence electrons. The van der Waals surface area contributed by atoms with Crippen LogP contribution in [0.4, 0.5) is 5.69 Å². The number of nitrogens with zero attached hydrogens (tertiary/aromatic N) is 5. The van der Waals surface area contributed by atoms with E-state index in [9.17, 15) is 0 Å². The molecule has 0 aliphatic carbocycles. The maximum absolute atomic E-state index is 5.52. The summed E-state index contributed by atoms with van der Waals surface area (Å²) in [5, 5.41) is 0. The number of hydrogen-bond donors (Lipinski definition) is 0. The SMILES string of the molecule is COc1ccc(-c2nc3c(C)cc(-c4ccc(N5CCC6(CC5)CN(CC(C)C)C6)cc4)nc3n2C)cc1OC. The average Bonchev–Trinajstić information content (AvgIpc) is 3.28. The maximum atomic E-state index is 5.52. The van der Waals surface area contributed by atoms with Gasteiger partial charge >= 0.3 is 0 Å². The molecule has 0 bridgehead atoms. The smallest absolute Gasteiger partial charge is 0.161 e. The number of hydrogen-bond acceptors (Lipinski definition) is 6. The van der Waals surface area contributed by atoms with Crippen molar-refractivity contribution in [3.05, 3.63) is 54.1 Å². The summed E-state index contributed by atoms with van der Waals surface area (Å²) in [4.78, 5) is 15.2. The Morgan fingerprint density at radius 3 is 2.20 bits per heavy atom. The van der Waals surface area contributed by atoms with Crippen molar-refractivity contribution < 1.29 is 9.47 Å². The second-order valence-corrected chi connectivity index (χ2v) is 12.2. The molecule has 2 fully saturated rings. The van der Waals surface area contributed by atoms with Crippen LogP contribution in [0.15, 0.2) is 48.5 Å². The lowest BCUT2D eigenvalue weighted by atomic mass is 9.71. The lowest BCUT2D eigenvalue weighted by Gasteiger charge is -2.55. The van der Waals surface area contributed by atoms with Crippen molar-refractivity contribution in [2.75, 3.05) is 51.8 Å². The number of likely N-dealkylation sites (tertiary alicyclic amines) is 1. The standard InChI is InChI=1S/C33H41N5O2/c1-22(2)19-37-20-33(21-37)13-15-38(16-14-33)26-10-7-24(8-11-26)27-17-23(3)30-32(34-27)36(4)31(35-30)25-9-12-28(39-5)29(18-25)40-6/h7-12,17-18,22H,13-16,19-21H2,1-6H3. The summed E-state index contributed by atoms with van der Waals surface area (Å²) in [6.07, 6.45) is 2.59. The first kappa shape index (κ1) is 26.6. The van der Waals surface area contributed by atoms with Crippen LogP contribution in [0.5, 0.6) is 11.5 Å². The van der Waals surface area contributed by atoms with Crippen molar-refractivity contribution in [1.82, 2.24) is 19.4 Å². The Morgan fingerprint density at radius 1 is 0.875 bits per heavy atom. The third-order valence-corrected chi connectivity index (χ3v) is 8.75.